The number of pyridine rings is 1. The van der Waals surface area contributed by atoms with E-state index in [1.807, 2.05) is 42.5 Å². The zero-order valence-electron chi connectivity index (χ0n) is 15.0. The Morgan fingerprint density at radius 2 is 1.63 bits per heavy atom. The Balaban J connectivity index is 1.41. The Hall–Kier alpha value is -3.21. The zero-order valence-corrected chi connectivity index (χ0v) is 15.0. The fraction of sp³-hybridized carbons (Fsp3) is 0.182. The topological polar surface area (TPSA) is 54.0 Å². The van der Waals surface area contributed by atoms with E-state index in [-0.39, 0.29) is 11.7 Å². The molecule has 0 aliphatic heterocycles. The van der Waals surface area contributed by atoms with Gasteiger partial charge < -0.3 is 10.6 Å². The van der Waals surface area contributed by atoms with Gasteiger partial charge in [0.1, 0.15) is 11.6 Å². The van der Waals surface area contributed by atoms with Crippen LogP contribution in [0, 0.1) is 5.82 Å². The molecule has 0 fully saturated rings. The number of anilines is 2. The van der Waals surface area contributed by atoms with E-state index in [1.165, 1.54) is 12.1 Å². The van der Waals surface area contributed by atoms with Crippen LogP contribution in [0.15, 0.2) is 72.9 Å². The van der Waals surface area contributed by atoms with E-state index < -0.39 is 0 Å². The maximum absolute atomic E-state index is 12.9. The summed E-state index contributed by atoms with van der Waals surface area (Å²) in [5.74, 6) is 0.479. The molecule has 0 bridgehead atoms. The zero-order chi connectivity index (χ0) is 18.9. The molecule has 5 heteroatoms. The predicted molar refractivity (Wildman–Crippen MR) is 106 cm³/mol. The van der Waals surface area contributed by atoms with Gasteiger partial charge in [-0.15, -0.1) is 0 Å². The van der Waals surface area contributed by atoms with Crippen LogP contribution in [0.25, 0.3) is 0 Å². The summed E-state index contributed by atoms with van der Waals surface area (Å²) >= 11 is 0. The summed E-state index contributed by atoms with van der Waals surface area (Å²) < 4.78 is 12.9. The molecule has 0 aliphatic rings. The molecule has 138 valence electrons. The van der Waals surface area contributed by atoms with Gasteiger partial charge in [0.2, 0.25) is 5.91 Å². The highest BCUT2D eigenvalue weighted by molar-refractivity contribution is 5.90. The summed E-state index contributed by atoms with van der Waals surface area (Å²) in [6.07, 6.45) is 3.56. The van der Waals surface area contributed by atoms with Gasteiger partial charge in [-0.05, 0) is 48.2 Å². The van der Waals surface area contributed by atoms with Crippen LogP contribution in [-0.2, 0) is 17.6 Å². The second-order valence-electron chi connectivity index (χ2n) is 6.27. The van der Waals surface area contributed by atoms with E-state index in [0.29, 0.717) is 25.1 Å². The van der Waals surface area contributed by atoms with Crippen LogP contribution < -0.4 is 10.6 Å². The summed E-state index contributed by atoms with van der Waals surface area (Å²) in [6, 6.07) is 20.1. The quantitative estimate of drug-likeness (QED) is 0.622. The van der Waals surface area contributed by atoms with Gasteiger partial charge in [-0.25, -0.2) is 9.37 Å². The van der Waals surface area contributed by atoms with Crippen LogP contribution in [-0.4, -0.2) is 17.4 Å². The monoisotopic (exact) mass is 363 g/mol. The van der Waals surface area contributed by atoms with E-state index in [1.54, 1.807) is 18.3 Å². The number of benzene rings is 2. The first-order valence-electron chi connectivity index (χ1n) is 8.97. The molecular formula is C22H22FN3O. The minimum atomic E-state index is -0.227. The molecule has 0 spiro atoms. The number of aromatic nitrogens is 1. The molecule has 1 amide bonds. The third-order valence-corrected chi connectivity index (χ3v) is 4.16. The highest BCUT2D eigenvalue weighted by Crippen LogP contribution is 2.11. The number of nitrogens with one attached hydrogen (secondary N) is 2. The molecule has 1 aromatic heterocycles. The normalized spacial score (nSPS) is 10.4. The van der Waals surface area contributed by atoms with Crippen molar-refractivity contribution in [1.29, 1.82) is 0 Å². The molecule has 0 saturated carbocycles. The number of carbonyl (C=O) groups excluding carboxylic acids is 1. The Labute approximate surface area is 158 Å². The van der Waals surface area contributed by atoms with Gasteiger partial charge in [-0.3, -0.25) is 4.79 Å². The lowest BCUT2D eigenvalue weighted by Gasteiger charge is -2.08. The lowest BCUT2D eigenvalue weighted by Crippen LogP contribution is -2.13. The first kappa shape index (κ1) is 18.6. The minimum Gasteiger partial charge on any atom is -0.370 e. The summed E-state index contributed by atoms with van der Waals surface area (Å²) in [6.45, 7) is 0.696. The molecule has 2 N–H and O–H groups in total. The van der Waals surface area contributed by atoms with E-state index in [0.717, 1.165) is 23.4 Å². The van der Waals surface area contributed by atoms with Crippen molar-refractivity contribution in [2.45, 2.75) is 19.3 Å². The number of halogens is 1. The van der Waals surface area contributed by atoms with Crippen LogP contribution in [0.5, 0.6) is 0 Å². The summed E-state index contributed by atoms with van der Waals surface area (Å²) in [7, 11) is 0. The lowest BCUT2D eigenvalue weighted by atomic mass is 10.1. The van der Waals surface area contributed by atoms with Crippen molar-refractivity contribution in [3.63, 3.8) is 0 Å². The van der Waals surface area contributed by atoms with Gasteiger partial charge in [0, 0.05) is 13.0 Å². The summed E-state index contributed by atoms with van der Waals surface area (Å²) in [5.41, 5.74) is 2.88. The molecule has 0 aliphatic carbocycles. The third kappa shape index (κ3) is 6.22. The number of hydrogen-bond donors (Lipinski definition) is 2. The van der Waals surface area contributed by atoms with Gasteiger partial charge in [-0.1, -0.05) is 42.5 Å². The van der Waals surface area contributed by atoms with Gasteiger partial charge in [0.25, 0.3) is 0 Å². The van der Waals surface area contributed by atoms with Crippen LogP contribution in [0.1, 0.15) is 17.5 Å². The molecule has 2 aromatic carbocycles. The third-order valence-electron chi connectivity index (χ3n) is 4.16. The highest BCUT2D eigenvalue weighted by Gasteiger charge is 2.04. The molecule has 0 unspecified atom stereocenters. The second kappa shape index (κ2) is 9.48. The molecule has 1 heterocycles. The molecule has 4 nitrogen and oxygen atoms in total. The first-order chi connectivity index (χ1) is 13.2. The lowest BCUT2D eigenvalue weighted by molar-refractivity contribution is -0.116. The van der Waals surface area contributed by atoms with Gasteiger partial charge in [-0.2, -0.15) is 0 Å². The molecule has 0 atom stereocenters. The number of amides is 1. The van der Waals surface area contributed by atoms with E-state index in [2.05, 4.69) is 15.6 Å². The number of carbonyl (C=O) groups is 1. The number of rotatable bonds is 8. The van der Waals surface area contributed by atoms with E-state index in [9.17, 15) is 9.18 Å². The largest absolute Gasteiger partial charge is 0.370 e. The summed E-state index contributed by atoms with van der Waals surface area (Å²) in [5, 5.41) is 6.08. The molecule has 0 saturated heterocycles. The maximum atomic E-state index is 12.9. The molecule has 3 rings (SSSR count). The summed E-state index contributed by atoms with van der Waals surface area (Å²) in [4.78, 5) is 16.4. The minimum absolute atomic E-state index is 0.0299. The van der Waals surface area contributed by atoms with Crippen LogP contribution >= 0.6 is 0 Å². The van der Waals surface area contributed by atoms with Crippen molar-refractivity contribution in [2.75, 3.05) is 17.2 Å². The smallest absolute Gasteiger partial charge is 0.224 e. The average Bonchev–Trinajstić information content (AvgIpc) is 2.70. The van der Waals surface area contributed by atoms with Gasteiger partial charge in [0.05, 0.1) is 11.9 Å². The average molecular weight is 363 g/mol. The van der Waals surface area contributed by atoms with Crippen molar-refractivity contribution in [3.8, 4) is 0 Å². The first-order valence-corrected chi connectivity index (χ1v) is 8.97. The van der Waals surface area contributed by atoms with Crippen molar-refractivity contribution >= 4 is 17.4 Å². The van der Waals surface area contributed by atoms with Crippen LogP contribution in [0.3, 0.4) is 0 Å². The van der Waals surface area contributed by atoms with Crippen molar-refractivity contribution in [3.05, 3.63) is 89.9 Å². The van der Waals surface area contributed by atoms with Crippen LogP contribution in [0.4, 0.5) is 15.9 Å². The van der Waals surface area contributed by atoms with Crippen molar-refractivity contribution < 1.29 is 9.18 Å². The molecule has 3 aromatic rings. The van der Waals surface area contributed by atoms with Crippen molar-refractivity contribution in [2.24, 2.45) is 0 Å². The number of aryl methyl sites for hydroxylation is 1. The van der Waals surface area contributed by atoms with Gasteiger partial charge >= 0.3 is 0 Å². The van der Waals surface area contributed by atoms with Gasteiger partial charge in [0.15, 0.2) is 0 Å². The fourth-order valence-corrected chi connectivity index (χ4v) is 2.68. The Morgan fingerprint density at radius 3 is 2.33 bits per heavy atom. The molecular weight excluding hydrogens is 341 g/mol. The predicted octanol–water partition coefficient (Wildman–Crippen LogP) is 4.45. The SMILES string of the molecule is O=C(CCc1ccccc1)Nc1ccc(NCCc2ccc(F)cc2)nc1. The van der Waals surface area contributed by atoms with Crippen molar-refractivity contribution in [1.82, 2.24) is 4.98 Å². The fourth-order valence-electron chi connectivity index (χ4n) is 2.68. The molecule has 27 heavy (non-hydrogen) atoms. The Kier molecular flexibility index (Phi) is 6.52. The maximum Gasteiger partial charge on any atom is 0.224 e. The van der Waals surface area contributed by atoms with E-state index in [4.69, 9.17) is 0 Å². The standard InChI is InChI=1S/C22H22FN3O/c23-19-9-6-18(7-10-19)14-15-24-21-12-11-20(16-25-21)26-22(27)13-8-17-4-2-1-3-5-17/h1-7,9-12,16H,8,13-15H2,(H,24,25)(H,26,27). The van der Waals surface area contributed by atoms with E-state index >= 15 is 0 Å². The van der Waals surface area contributed by atoms with Crippen LogP contribution in [0.2, 0.25) is 0 Å². The number of hydrogen-bond acceptors (Lipinski definition) is 3. The molecule has 0 radical (unpaired) electrons. The Morgan fingerprint density at radius 1 is 0.889 bits per heavy atom. The Bertz CT molecular complexity index is 849. The number of nitrogens with zero attached hydrogens (tertiary/aromatic N) is 1. The highest BCUT2D eigenvalue weighted by atomic mass is 19.1. The second-order valence-corrected chi connectivity index (χ2v) is 6.27.